The van der Waals surface area contributed by atoms with Gasteiger partial charge in [0, 0.05) is 22.9 Å². The summed E-state index contributed by atoms with van der Waals surface area (Å²) >= 11 is 0. The van der Waals surface area contributed by atoms with Crippen molar-refractivity contribution in [2.45, 2.75) is 13.8 Å². The average molecular weight is 267 g/mol. The highest BCUT2D eigenvalue weighted by Crippen LogP contribution is 2.26. The van der Waals surface area contributed by atoms with E-state index in [-0.39, 0.29) is 0 Å². The lowest BCUT2D eigenvalue weighted by Crippen LogP contribution is -1.93. The minimum Gasteiger partial charge on any atom is -0.494 e. The van der Waals surface area contributed by atoms with Crippen LogP contribution in [0.2, 0.25) is 0 Å². The summed E-state index contributed by atoms with van der Waals surface area (Å²) in [5, 5.41) is 2.23. The summed E-state index contributed by atoms with van der Waals surface area (Å²) in [6.45, 7) is 5.28. The number of rotatable bonds is 4. The molecule has 0 amide bonds. The van der Waals surface area contributed by atoms with Crippen LogP contribution in [0.1, 0.15) is 13.8 Å². The predicted molar refractivity (Wildman–Crippen MR) is 81.6 cm³/mol. The SMILES string of the molecule is CCOc1ccc2cc3ccc(OCC)cc3nc2c1. The fourth-order valence-corrected chi connectivity index (χ4v) is 2.29. The third-order valence-electron chi connectivity index (χ3n) is 3.18. The number of fused-ring (bicyclic) bond motifs is 2. The van der Waals surface area contributed by atoms with Crippen molar-refractivity contribution in [1.29, 1.82) is 0 Å². The fourth-order valence-electron chi connectivity index (χ4n) is 2.29. The maximum absolute atomic E-state index is 5.52. The van der Waals surface area contributed by atoms with E-state index in [0.29, 0.717) is 13.2 Å². The Bertz CT molecular complexity index is 691. The highest BCUT2D eigenvalue weighted by molar-refractivity contribution is 5.93. The van der Waals surface area contributed by atoms with E-state index in [1.54, 1.807) is 0 Å². The summed E-state index contributed by atoms with van der Waals surface area (Å²) in [5.41, 5.74) is 1.88. The average Bonchev–Trinajstić information content (AvgIpc) is 2.46. The number of hydrogen-bond donors (Lipinski definition) is 0. The molecular formula is C17H17NO2. The lowest BCUT2D eigenvalue weighted by molar-refractivity contribution is 0.340. The van der Waals surface area contributed by atoms with Crippen molar-refractivity contribution in [2.24, 2.45) is 0 Å². The standard InChI is InChI=1S/C17H17NO2/c1-3-19-14-7-5-12-9-13-6-8-15(20-4-2)11-17(13)18-16(12)10-14/h5-11H,3-4H2,1-2H3. The van der Waals surface area contributed by atoms with Crippen LogP contribution < -0.4 is 9.47 Å². The first-order chi connectivity index (χ1) is 9.80. The van der Waals surface area contributed by atoms with Gasteiger partial charge in [-0.1, -0.05) is 0 Å². The van der Waals surface area contributed by atoms with Crippen LogP contribution in [0.5, 0.6) is 11.5 Å². The van der Waals surface area contributed by atoms with Crippen LogP contribution in [0.15, 0.2) is 42.5 Å². The van der Waals surface area contributed by atoms with Crippen LogP contribution in [-0.4, -0.2) is 18.2 Å². The molecule has 0 atom stereocenters. The van der Waals surface area contributed by atoms with Gasteiger partial charge >= 0.3 is 0 Å². The van der Waals surface area contributed by atoms with Gasteiger partial charge < -0.3 is 9.47 Å². The van der Waals surface area contributed by atoms with Crippen LogP contribution in [-0.2, 0) is 0 Å². The maximum atomic E-state index is 5.52. The molecule has 0 fully saturated rings. The van der Waals surface area contributed by atoms with E-state index >= 15 is 0 Å². The molecule has 102 valence electrons. The van der Waals surface area contributed by atoms with E-state index in [0.717, 1.165) is 33.3 Å². The van der Waals surface area contributed by atoms with Crippen LogP contribution in [0.25, 0.3) is 21.8 Å². The molecule has 0 spiro atoms. The van der Waals surface area contributed by atoms with Crippen molar-refractivity contribution in [1.82, 2.24) is 4.98 Å². The van der Waals surface area contributed by atoms with Gasteiger partial charge in [-0.05, 0) is 44.2 Å². The number of aromatic nitrogens is 1. The molecule has 0 N–H and O–H groups in total. The smallest absolute Gasteiger partial charge is 0.121 e. The van der Waals surface area contributed by atoms with Gasteiger partial charge in [-0.3, -0.25) is 0 Å². The highest BCUT2D eigenvalue weighted by atomic mass is 16.5. The van der Waals surface area contributed by atoms with Gasteiger partial charge in [-0.25, -0.2) is 4.98 Å². The third-order valence-corrected chi connectivity index (χ3v) is 3.18. The van der Waals surface area contributed by atoms with Crippen molar-refractivity contribution < 1.29 is 9.47 Å². The minimum atomic E-state index is 0.660. The molecule has 0 aliphatic carbocycles. The third kappa shape index (κ3) is 2.39. The topological polar surface area (TPSA) is 31.4 Å². The van der Waals surface area contributed by atoms with Gasteiger partial charge in [0.25, 0.3) is 0 Å². The van der Waals surface area contributed by atoms with Gasteiger partial charge in [0.15, 0.2) is 0 Å². The fraction of sp³-hybridized carbons (Fsp3) is 0.235. The molecule has 0 saturated heterocycles. The van der Waals surface area contributed by atoms with Gasteiger partial charge in [-0.15, -0.1) is 0 Å². The molecule has 0 unspecified atom stereocenters. The molecule has 1 aromatic heterocycles. The first-order valence-electron chi connectivity index (χ1n) is 6.90. The molecule has 3 heteroatoms. The zero-order chi connectivity index (χ0) is 13.9. The Balaban J connectivity index is 2.14. The van der Waals surface area contributed by atoms with Crippen LogP contribution >= 0.6 is 0 Å². The molecule has 3 rings (SSSR count). The lowest BCUT2D eigenvalue weighted by atomic mass is 10.1. The first-order valence-corrected chi connectivity index (χ1v) is 6.90. The quantitative estimate of drug-likeness (QED) is 0.664. The Morgan fingerprint density at radius 1 is 0.750 bits per heavy atom. The second kappa shape index (κ2) is 5.37. The highest BCUT2D eigenvalue weighted by Gasteiger charge is 2.03. The Kier molecular flexibility index (Phi) is 3.42. The lowest BCUT2D eigenvalue weighted by Gasteiger charge is -2.07. The summed E-state index contributed by atoms with van der Waals surface area (Å²) < 4.78 is 11.0. The van der Waals surface area contributed by atoms with E-state index in [1.807, 2.05) is 50.2 Å². The van der Waals surface area contributed by atoms with Crippen LogP contribution in [0, 0.1) is 0 Å². The first kappa shape index (κ1) is 12.7. The summed E-state index contributed by atoms with van der Waals surface area (Å²) in [5.74, 6) is 1.71. The summed E-state index contributed by atoms with van der Waals surface area (Å²) in [6.07, 6.45) is 0. The zero-order valence-electron chi connectivity index (χ0n) is 11.7. The number of nitrogens with zero attached hydrogens (tertiary/aromatic N) is 1. The normalized spacial score (nSPS) is 10.9. The Hall–Kier alpha value is -2.29. The van der Waals surface area contributed by atoms with Crippen LogP contribution in [0.3, 0.4) is 0 Å². The zero-order valence-corrected chi connectivity index (χ0v) is 11.7. The monoisotopic (exact) mass is 267 g/mol. The Morgan fingerprint density at radius 2 is 1.25 bits per heavy atom. The molecule has 0 radical (unpaired) electrons. The maximum Gasteiger partial charge on any atom is 0.121 e. The largest absolute Gasteiger partial charge is 0.494 e. The molecule has 1 heterocycles. The van der Waals surface area contributed by atoms with Gasteiger partial charge in [0.2, 0.25) is 0 Å². The number of hydrogen-bond acceptors (Lipinski definition) is 3. The predicted octanol–water partition coefficient (Wildman–Crippen LogP) is 4.19. The van der Waals surface area contributed by atoms with Gasteiger partial charge in [-0.2, -0.15) is 0 Å². The second-order valence-electron chi connectivity index (χ2n) is 4.56. The Labute approximate surface area is 118 Å². The van der Waals surface area contributed by atoms with E-state index in [9.17, 15) is 0 Å². The van der Waals surface area contributed by atoms with Crippen LogP contribution in [0.4, 0.5) is 0 Å². The van der Waals surface area contributed by atoms with E-state index in [4.69, 9.17) is 14.5 Å². The van der Waals surface area contributed by atoms with Crippen molar-refractivity contribution in [2.75, 3.05) is 13.2 Å². The summed E-state index contributed by atoms with van der Waals surface area (Å²) in [7, 11) is 0. The molecular weight excluding hydrogens is 250 g/mol. The molecule has 0 aliphatic rings. The van der Waals surface area contributed by atoms with Crippen molar-refractivity contribution in [3.63, 3.8) is 0 Å². The number of ether oxygens (including phenoxy) is 2. The van der Waals surface area contributed by atoms with Crippen molar-refractivity contribution in [3.8, 4) is 11.5 Å². The Morgan fingerprint density at radius 3 is 1.70 bits per heavy atom. The van der Waals surface area contributed by atoms with Gasteiger partial charge in [0.1, 0.15) is 11.5 Å². The van der Waals surface area contributed by atoms with Gasteiger partial charge in [0.05, 0.1) is 24.2 Å². The molecule has 3 aromatic rings. The second-order valence-corrected chi connectivity index (χ2v) is 4.56. The molecule has 3 nitrogen and oxygen atoms in total. The number of pyridine rings is 1. The molecule has 0 bridgehead atoms. The molecule has 0 aliphatic heterocycles. The molecule has 2 aromatic carbocycles. The summed E-state index contributed by atoms with van der Waals surface area (Å²) in [6, 6.07) is 14.1. The van der Waals surface area contributed by atoms with E-state index < -0.39 is 0 Å². The molecule has 20 heavy (non-hydrogen) atoms. The number of benzene rings is 2. The van der Waals surface area contributed by atoms with Crippen molar-refractivity contribution in [3.05, 3.63) is 42.5 Å². The van der Waals surface area contributed by atoms with E-state index in [1.165, 1.54) is 0 Å². The van der Waals surface area contributed by atoms with E-state index in [2.05, 4.69) is 6.07 Å². The summed E-state index contributed by atoms with van der Waals surface area (Å²) in [4.78, 5) is 4.70. The van der Waals surface area contributed by atoms with Crippen molar-refractivity contribution >= 4 is 21.8 Å². The minimum absolute atomic E-state index is 0.660. The molecule has 0 saturated carbocycles.